The van der Waals surface area contributed by atoms with Gasteiger partial charge in [0.1, 0.15) is 12.0 Å². The van der Waals surface area contributed by atoms with Gasteiger partial charge in [0, 0.05) is 13.1 Å². The van der Waals surface area contributed by atoms with Crippen molar-refractivity contribution < 1.29 is 9.32 Å². The van der Waals surface area contributed by atoms with Gasteiger partial charge in [-0.3, -0.25) is 4.79 Å². The van der Waals surface area contributed by atoms with Crippen LogP contribution in [0.25, 0.3) is 0 Å². The first-order valence-corrected chi connectivity index (χ1v) is 3.35. The molecule has 0 spiro atoms. The third-order valence-electron chi connectivity index (χ3n) is 1.36. The molecule has 0 atom stereocenters. The smallest absolute Gasteiger partial charge is 0.298 e. The molecule has 0 saturated carbocycles. The fourth-order valence-corrected chi connectivity index (χ4v) is 0.744. The van der Waals surface area contributed by atoms with Crippen LogP contribution in [0.5, 0.6) is 0 Å². The van der Waals surface area contributed by atoms with Gasteiger partial charge in [-0.25, -0.2) is 0 Å². The number of nitrogens with zero attached hydrogens (tertiary/aromatic N) is 2. The number of carbonyl (C=O) groups is 1. The minimum absolute atomic E-state index is 0.363. The molecular formula is C8H8N2O2. The van der Waals surface area contributed by atoms with Gasteiger partial charge in [-0.15, -0.1) is 6.42 Å². The fraction of sp³-hybridized carbons (Fsp3) is 0.250. The average Bonchev–Trinajstić information content (AvgIpc) is 2.55. The van der Waals surface area contributed by atoms with Crippen molar-refractivity contribution in [3.8, 4) is 12.3 Å². The van der Waals surface area contributed by atoms with E-state index in [0.717, 1.165) is 0 Å². The molecule has 0 unspecified atom stereocenters. The van der Waals surface area contributed by atoms with E-state index in [-0.39, 0.29) is 5.91 Å². The monoisotopic (exact) mass is 164 g/mol. The average molecular weight is 164 g/mol. The summed E-state index contributed by atoms with van der Waals surface area (Å²) in [5.74, 6) is 1.64. The quantitative estimate of drug-likeness (QED) is 0.589. The van der Waals surface area contributed by atoms with Crippen LogP contribution in [0.15, 0.2) is 16.9 Å². The number of terminal acetylenes is 1. The molecule has 1 heterocycles. The van der Waals surface area contributed by atoms with Gasteiger partial charge < -0.3 is 9.42 Å². The highest BCUT2D eigenvalue weighted by molar-refractivity contribution is 5.92. The molecule has 0 saturated heterocycles. The van der Waals surface area contributed by atoms with E-state index >= 15 is 0 Å². The van der Waals surface area contributed by atoms with Crippen LogP contribution in [0.3, 0.4) is 0 Å². The number of amides is 1. The summed E-state index contributed by atoms with van der Waals surface area (Å²) >= 11 is 0. The summed E-state index contributed by atoms with van der Waals surface area (Å²) in [6.07, 6.45) is 6.36. The lowest BCUT2D eigenvalue weighted by Crippen LogP contribution is -2.24. The maximum atomic E-state index is 10.9. The minimum atomic E-state index is -0.363. The third kappa shape index (κ3) is 1.86. The molecule has 0 aromatic carbocycles. The Morgan fingerprint density at radius 3 is 3.17 bits per heavy atom. The molecule has 0 aliphatic carbocycles. The predicted molar refractivity (Wildman–Crippen MR) is 41.8 cm³/mol. The van der Waals surface area contributed by atoms with Crippen LogP contribution in [-0.2, 0) is 11.3 Å². The van der Waals surface area contributed by atoms with Crippen molar-refractivity contribution in [3.05, 3.63) is 18.0 Å². The zero-order chi connectivity index (χ0) is 8.97. The Kier molecular flexibility index (Phi) is 2.49. The maximum Gasteiger partial charge on any atom is 0.298 e. The van der Waals surface area contributed by atoms with Crippen molar-refractivity contribution in [2.24, 2.45) is 0 Å². The van der Waals surface area contributed by atoms with Crippen molar-refractivity contribution >= 4 is 5.91 Å². The highest BCUT2D eigenvalue weighted by Gasteiger charge is 2.06. The van der Waals surface area contributed by atoms with E-state index in [2.05, 4.69) is 9.68 Å². The Labute approximate surface area is 70.1 Å². The third-order valence-corrected chi connectivity index (χ3v) is 1.36. The van der Waals surface area contributed by atoms with Gasteiger partial charge in [0.05, 0.1) is 6.54 Å². The van der Waals surface area contributed by atoms with Gasteiger partial charge in [0.2, 0.25) is 0 Å². The number of rotatable bonds is 2. The zero-order valence-corrected chi connectivity index (χ0v) is 6.65. The second-order valence-electron chi connectivity index (χ2n) is 2.30. The van der Waals surface area contributed by atoms with Gasteiger partial charge >= 0.3 is 0 Å². The molecule has 0 fully saturated rings. The topological polar surface area (TPSA) is 46.3 Å². The maximum absolute atomic E-state index is 10.9. The number of hydrogen-bond acceptors (Lipinski definition) is 3. The van der Waals surface area contributed by atoms with Crippen molar-refractivity contribution in [1.82, 2.24) is 10.1 Å². The molecule has 12 heavy (non-hydrogen) atoms. The van der Waals surface area contributed by atoms with E-state index in [0.29, 0.717) is 12.2 Å². The highest BCUT2D eigenvalue weighted by atomic mass is 16.5. The van der Waals surface area contributed by atoms with Gasteiger partial charge in [-0.2, -0.15) is 0 Å². The lowest BCUT2D eigenvalue weighted by molar-refractivity contribution is -0.124. The summed E-state index contributed by atoms with van der Waals surface area (Å²) in [5.41, 5.74) is 0.682. The van der Waals surface area contributed by atoms with Crippen molar-refractivity contribution in [2.75, 3.05) is 7.05 Å². The minimum Gasteiger partial charge on any atom is -0.364 e. The zero-order valence-electron chi connectivity index (χ0n) is 6.65. The van der Waals surface area contributed by atoms with Gasteiger partial charge in [-0.1, -0.05) is 5.16 Å². The van der Waals surface area contributed by atoms with Gasteiger partial charge in [0.15, 0.2) is 0 Å². The Hall–Kier alpha value is -1.76. The first-order chi connectivity index (χ1) is 5.74. The van der Waals surface area contributed by atoms with Crippen LogP contribution in [-0.4, -0.2) is 23.0 Å². The molecule has 0 bridgehead atoms. The second kappa shape index (κ2) is 3.58. The predicted octanol–water partition coefficient (Wildman–Crippen LogP) is 0.266. The molecule has 0 radical (unpaired) electrons. The van der Waals surface area contributed by atoms with Crippen LogP contribution in [0.4, 0.5) is 0 Å². The molecule has 0 N–H and O–H groups in total. The normalized spacial score (nSPS) is 9.00. The van der Waals surface area contributed by atoms with Crippen LogP contribution >= 0.6 is 0 Å². The fourth-order valence-electron chi connectivity index (χ4n) is 0.744. The van der Waals surface area contributed by atoms with Crippen molar-refractivity contribution in [3.63, 3.8) is 0 Å². The Balaban J connectivity index is 2.54. The Bertz CT molecular complexity index is 297. The first kappa shape index (κ1) is 8.34. The molecule has 0 aliphatic heterocycles. The molecule has 4 nitrogen and oxygen atoms in total. The largest absolute Gasteiger partial charge is 0.364 e. The number of hydrogen-bond donors (Lipinski definition) is 0. The highest BCUT2D eigenvalue weighted by Crippen LogP contribution is 1.98. The van der Waals surface area contributed by atoms with Crippen LogP contribution in [0.2, 0.25) is 0 Å². The molecule has 1 rings (SSSR count). The molecule has 4 heteroatoms. The van der Waals surface area contributed by atoms with Crippen molar-refractivity contribution in [2.45, 2.75) is 6.54 Å². The van der Waals surface area contributed by atoms with E-state index in [1.165, 1.54) is 11.2 Å². The number of aromatic nitrogens is 1. The van der Waals surface area contributed by atoms with E-state index in [1.807, 2.05) is 5.92 Å². The van der Waals surface area contributed by atoms with Crippen LogP contribution in [0.1, 0.15) is 5.69 Å². The van der Waals surface area contributed by atoms with E-state index in [4.69, 9.17) is 6.42 Å². The van der Waals surface area contributed by atoms with Gasteiger partial charge in [-0.05, 0) is 5.92 Å². The summed E-state index contributed by atoms with van der Waals surface area (Å²) in [4.78, 5) is 12.3. The SMILES string of the molecule is C#CC(=O)N(C)Cc1ccon1. The molecule has 1 amide bonds. The van der Waals surface area contributed by atoms with E-state index in [9.17, 15) is 4.79 Å². The summed E-state index contributed by atoms with van der Waals surface area (Å²) in [5, 5.41) is 3.64. The van der Waals surface area contributed by atoms with Crippen LogP contribution < -0.4 is 0 Å². The molecular weight excluding hydrogens is 156 g/mol. The van der Waals surface area contributed by atoms with Gasteiger partial charge in [0.25, 0.3) is 5.91 Å². The van der Waals surface area contributed by atoms with Crippen LogP contribution in [0, 0.1) is 12.3 Å². The van der Waals surface area contributed by atoms with E-state index in [1.54, 1.807) is 13.1 Å². The Morgan fingerprint density at radius 1 is 1.92 bits per heavy atom. The summed E-state index contributed by atoms with van der Waals surface area (Å²) in [7, 11) is 1.61. The molecule has 1 aromatic rings. The Morgan fingerprint density at radius 2 is 2.67 bits per heavy atom. The number of carbonyl (C=O) groups excluding carboxylic acids is 1. The molecule has 0 aliphatic rings. The summed E-state index contributed by atoms with van der Waals surface area (Å²) in [6, 6.07) is 1.68. The standard InChI is InChI=1S/C8H8N2O2/c1-3-8(11)10(2)6-7-4-5-12-9-7/h1,4-5H,6H2,2H3. The van der Waals surface area contributed by atoms with E-state index < -0.39 is 0 Å². The lowest BCUT2D eigenvalue weighted by atomic mass is 10.4. The molecule has 62 valence electrons. The summed E-state index contributed by atoms with van der Waals surface area (Å²) < 4.78 is 4.59. The second-order valence-corrected chi connectivity index (χ2v) is 2.30. The van der Waals surface area contributed by atoms with Crippen molar-refractivity contribution in [1.29, 1.82) is 0 Å². The first-order valence-electron chi connectivity index (χ1n) is 3.35. The lowest BCUT2D eigenvalue weighted by Gasteiger charge is -2.10. The summed E-state index contributed by atoms with van der Waals surface area (Å²) in [6.45, 7) is 0.375. The molecule has 1 aromatic heterocycles.